The second-order valence-electron chi connectivity index (χ2n) is 7.18. The van der Waals surface area contributed by atoms with E-state index in [1.807, 2.05) is 6.33 Å². The van der Waals surface area contributed by atoms with Gasteiger partial charge in [-0.25, -0.2) is 4.57 Å². The van der Waals surface area contributed by atoms with Crippen LogP contribution in [0.1, 0.15) is 36.8 Å². The van der Waals surface area contributed by atoms with Crippen molar-refractivity contribution >= 4 is 10.9 Å². The molecule has 0 N–H and O–H groups in total. The van der Waals surface area contributed by atoms with Gasteiger partial charge in [0.15, 0.2) is 5.52 Å². The third kappa shape index (κ3) is 2.71. The van der Waals surface area contributed by atoms with E-state index < -0.39 is 0 Å². The van der Waals surface area contributed by atoms with Crippen molar-refractivity contribution < 1.29 is 4.57 Å². The molecule has 2 heteroatoms. The largest absolute Gasteiger partial charge is 0.287 e. The molecular formula is C22H25N2+. The molecule has 3 aromatic rings. The maximum Gasteiger partial charge on any atom is 0.287 e. The third-order valence-corrected chi connectivity index (χ3v) is 5.47. The highest BCUT2D eigenvalue weighted by Gasteiger charge is 2.22. The van der Waals surface area contributed by atoms with Gasteiger partial charge in [0, 0.05) is 5.56 Å². The molecule has 0 spiro atoms. The van der Waals surface area contributed by atoms with Gasteiger partial charge in [0.05, 0.1) is 12.4 Å². The lowest BCUT2D eigenvalue weighted by Gasteiger charge is -2.14. The van der Waals surface area contributed by atoms with Gasteiger partial charge in [-0.15, -0.1) is 0 Å². The zero-order valence-corrected chi connectivity index (χ0v) is 14.6. The molecule has 1 aromatic heterocycles. The minimum absolute atomic E-state index is 0.839. The number of fused-ring (bicyclic) bond motifs is 1. The van der Waals surface area contributed by atoms with Crippen LogP contribution in [0.2, 0.25) is 0 Å². The van der Waals surface area contributed by atoms with Crippen LogP contribution in [-0.2, 0) is 13.5 Å². The number of hydrogen-bond donors (Lipinski definition) is 0. The van der Waals surface area contributed by atoms with Gasteiger partial charge in [-0.1, -0.05) is 62.1 Å². The van der Waals surface area contributed by atoms with Gasteiger partial charge in [-0.05, 0) is 41.4 Å². The van der Waals surface area contributed by atoms with Gasteiger partial charge < -0.3 is 0 Å². The summed E-state index contributed by atoms with van der Waals surface area (Å²) in [5.41, 5.74) is 6.50. The lowest BCUT2D eigenvalue weighted by atomic mass is 9.92. The van der Waals surface area contributed by atoms with Crippen molar-refractivity contribution in [1.82, 2.24) is 4.98 Å². The van der Waals surface area contributed by atoms with Crippen LogP contribution in [-0.4, -0.2) is 4.98 Å². The Labute approximate surface area is 144 Å². The van der Waals surface area contributed by atoms with E-state index in [0.717, 1.165) is 11.4 Å². The van der Waals surface area contributed by atoms with Crippen molar-refractivity contribution in [1.29, 1.82) is 0 Å². The van der Waals surface area contributed by atoms with E-state index in [4.69, 9.17) is 4.98 Å². The molecule has 4 rings (SSSR count). The van der Waals surface area contributed by atoms with E-state index in [1.165, 1.54) is 59.9 Å². The number of nitrogens with zero attached hydrogens (tertiary/aromatic N) is 2. The number of aryl methyl sites for hydroxylation is 2. The first-order chi connectivity index (χ1) is 11.7. The molecule has 0 radical (unpaired) electrons. The molecule has 0 bridgehead atoms. The molecule has 122 valence electrons. The molecular weight excluding hydrogens is 292 g/mol. The molecule has 1 aliphatic carbocycles. The first kappa shape index (κ1) is 15.3. The summed E-state index contributed by atoms with van der Waals surface area (Å²) in [6.07, 6.45) is 8.68. The van der Waals surface area contributed by atoms with Gasteiger partial charge in [0.2, 0.25) is 0 Å². The number of rotatable bonds is 3. The Morgan fingerprint density at radius 2 is 1.83 bits per heavy atom. The fourth-order valence-electron chi connectivity index (χ4n) is 4.21. The molecule has 1 aliphatic rings. The van der Waals surface area contributed by atoms with Crippen LogP contribution in [0.4, 0.5) is 0 Å². The van der Waals surface area contributed by atoms with Crippen LogP contribution in [0.5, 0.6) is 0 Å². The molecule has 0 amide bonds. The van der Waals surface area contributed by atoms with Crippen molar-refractivity contribution in [2.45, 2.75) is 39.0 Å². The maximum atomic E-state index is 4.69. The Morgan fingerprint density at radius 3 is 2.62 bits per heavy atom. The van der Waals surface area contributed by atoms with Crippen LogP contribution in [0.25, 0.3) is 22.2 Å². The molecule has 0 saturated heterocycles. The van der Waals surface area contributed by atoms with Crippen LogP contribution in [0, 0.1) is 12.8 Å². The zero-order valence-electron chi connectivity index (χ0n) is 14.6. The Balaban J connectivity index is 1.94. The Bertz CT molecular complexity index is 876. The number of benzene rings is 2. The van der Waals surface area contributed by atoms with Crippen molar-refractivity contribution in [2.24, 2.45) is 13.0 Å². The smallest absolute Gasteiger partial charge is 0.232 e. The van der Waals surface area contributed by atoms with E-state index in [0.29, 0.717) is 0 Å². The first-order valence-electron chi connectivity index (χ1n) is 9.06. The summed E-state index contributed by atoms with van der Waals surface area (Å²) in [6, 6.07) is 15.3. The van der Waals surface area contributed by atoms with E-state index in [1.54, 1.807) is 0 Å². The van der Waals surface area contributed by atoms with Gasteiger partial charge >= 0.3 is 0 Å². The second-order valence-corrected chi connectivity index (χ2v) is 7.18. The molecule has 0 unspecified atom stereocenters. The molecule has 1 fully saturated rings. The van der Waals surface area contributed by atoms with E-state index in [-0.39, 0.29) is 0 Å². The monoisotopic (exact) mass is 317 g/mol. The first-order valence-corrected chi connectivity index (χ1v) is 9.06. The third-order valence-electron chi connectivity index (χ3n) is 5.47. The lowest BCUT2D eigenvalue weighted by Crippen LogP contribution is -2.32. The summed E-state index contributed by atoms with van der Waals surface area (Å²) in [7, 11) is 2.11. The van der Waals surface area contributed by atoms with Crippen LogP contribution in [0.3, 0.4) is 0 Å². The van der Waals surface area contributed by atoms with Gasteiger partial charge in [-0.2, -0.15) is 0 Å². The predicted octanol–water partition coefficient (Wildman–Crippen LogP) is 4.77. The van der Waals surface area contributed by atoms with E-state index >= 15 is 0 Å². The highest BCUT2D eigenvalue weighted by molar-refractivity contribution is 5.94. The Kier molecular flexibility index (Phi) is 4.05. The minimum atomic E-state index is 0.839. The van der Waals surface area contributed by atoms with Crippen LogP contribution >= 0.6 is 0 Å². The molecule has 1 heterocycles. The maximum absolute atomic E-state index is 4.69. The molecule has 24 heavy (non-hydrogen) atoms. The molecule has 0 aliphatic heterocycles. The molecule has 2 nitrogen and oxygen atoms in total. The average Bonchev–Trinajstić information content (AvgIpc) is 3.09. The summed E-state index contributed by atoms with van der Waals surface area (Å²) < 4.78 is 2.18. The SMILES string of the molecule is Cc1ccccc1-c1c2c(CC3CCCC3)cccc2nc[n+]1C. The number of aromatic nitrogens is 2. The summed E-state index contributed by atoms with van der Waals surface area (Å²) in [5.74, 6) is 0.839. The topological polar surface area (TPSA) is 16.8 Å². The Morgan fingerprint density at radius 1 is 1.04 bits per heavy atom. The van der Waals surface area contributed by atoms with Gasteiger partial charge in [0.1, 0.15) is 5.69 Å². The highest BCUT2D eigenvalue weighted by atomic mass is 15.0. The molecule has 2 aromatic carbocycles. The highest BCUT2D eigenvalue weighted by Crippen LogP contribution is 2.33. The fraction of sp³-hybridized carbons (Fsp3) is 0.364. The lowest BCUT2D eigenvalue weighted by molar-refractivity contribution is -0.662. The molecule has 1 saturated carbocycles. The minimum Gasteiger partial charge on any atom is -0.232 e. The van der Waals surface area contributed by atoms with Crippen LogP contribution in [0.15, 0.2) is 48.8 Å². The van der Waals surface area contributed by atoms with Crippen molar-refractivity contribution in [3.8, 4) is 11.3 Å². The van der Waals surface area contributed by atoms with E-state index in [2.05, 4.69) is 61.0 Å². The van der Waals surface area contributed by atoms with Crippen molar-refractivity contribution in [3.63, 3.8) is 0 Å². The normalized spacial score (nSPS) is 15.2. The zero-order chi connectivity index (χ0) is 16.5. The fourth-order valence-corrected chi connectivity index (χ4v) is 4.21. The van der Waals surface area contributed by atoms with E-state index in [9.17, 15) is 0 Å². The standard InChI is InChI=1S/C22H25N2/c1-16-8-3-6-12-19(16)22-21-18(14-17-9-4-5-10-17)11-7-13-20(21)23-15-24(22)2/h3,6-8,11-13,15,17H,4-5,9-10,14H2,1-2H3/q+1. The summed E-state index contributed by atoms with van der Waals surface area (Å²) >= 11 is 0. The van der Waals surface area contributed by atoms with Gasteiger partial charge in [-0.3, -0.25) is 0 Å². The molecule has 0 atom stereocenters. The van der Waals surface area contributed by atoms with Gasteiger partial charge in [0.25, 0.3) is 6.33 Å². The summed E-state index contributed by atoms with van der Waals surface area (Å²) in [5, 5.41) is 1.34. The van der Waals surface area contributed by atoms with Crippen molar-refractivity contribution in [2.75, 3.05) is 0 Å². The number of hydrogen-bond acceptors (Lipinski definition) is 1. The Hall–Kier alpha value is -2.22. The second kappa shape index (κ2) is 6.35. The predicted molar refractivity (Wildman–Crippen MR) is 98.8 cm³/mol. The summed E-state index contributed by atoms with van der Waals surface area (Å²) in [4.78, 5) is 4.69. The summed E-state index contributed by atoms with van der Waals surface area (Å²) in [6.45, 7) is 2.20. The van der Waals surface area contributed by atoms with Crippen LogP contribution < -0.4 is 4.57 Å². The average molecular weight is 317 g/mol. The quantitative estimate of drug-likeness (QED) is 0.636. The van der Waals surface area contributed by atoms with Crippen molar-refractivity contribution in [3.05, 3.63) is 59.9 Å².